The van der Waals surface area contributed by atoms with Crippen molar-refractivity contribution >= 4 is 38.9 Å². The quantitative estimate of drug-likeness (QED) is 0.813. The van der Waals surface area contributed by atoms with Crippen molar-refractivity contribution in [3.05, 3.63) is 46.2 Å². The van der Waals surface area contributed by atoms with Gasteiger partial charge in [0.25, 0.3) is 5.91 Å². The summed E-state index contributed by atoms with van der Waals surface area (Å²) in [4.78, 5) is 23.6. The van der Waals surface area contributed by atoms with E-state index in [0.29, 0.717) is 24.7 Å². The largest absolute Gasteiger partial charge is 0.545 e. The van der Waals surface area contributed by atoms with Gasteiger partial charge in [0.05, 0.1) is 15.7 Å². The summed E-state index contributed by atoms with van der Waals surface area (Å²) in [6.07, 6.45) is 1.83. The van der Waals surface area contributed by atoms with Crippen molar-refractivity contribution < 1.29 is 23.1 Å². The maximum Gasteiger partial charge on any atom is 0.265 e. The summed E-state index contributed by atoms with van der Waals surface area (Å²) in [5.74, 6) is -1.53. The summed E-state index contributed by atoms with van der Waals surface area (Å²) in [6.45, 7) is 2.99. The van der Waals surface area contributed by atoms with Crippen LogP contribution < -0.4 is 10.4 Å². The van der Waals surface area contributed by atoms with Crippen molar-refractivity contribution in [1.82, 2.24) is 4.31 Å². The fraction of sp³-hybridized carbons (Fsp3) is 0.333. The minimum absolute atomic E-state index is 0.0542. The minimum Gasteiger partial charge on any atom is -0.545 e. The predicted molar refractivity (Wildman–Crippen MR) is 100 cm³/mol. The van der Waals surface area contributed by atoms with Crippen LogP contribution in [0.2, 0.25) is 0 Å². The SMILES string of the molecule is C[C@H]1CCCN(S(=O)(=O)c2csc(C(=O)Nc3cccc(C(=O)[O-])c3)c2)C1. The molecule has 2 aromatic rings. The molecule has 1 atom stereocenters. The molecule has 0 unspecified atom stereocenters. The van der Waals surface area contributed by atoms with Gasteiger partial charge in [0.2, 0.25) is 10.0 Å². The van der Waals surface area contributed by atoms with Gasteiger partial charge in [-0.1, -0.05) is 19.1 Å². The molecule has 3 rings (SSSR count). The molecule has 0 spiro atoms. The number of hydrogen-bond donors (Lipinski definition) is 1. The van der Waals surface area contributed by atoms with Crippen LogP contribution in [0.5, 0.6) is 0 Å². The van der Waals surface area contributed by atoms with Crippen LogP contribution in [0, 0.1) is 5.92 Å². The number of aromatic carboxylic acids is 1. The van der Waals surface area contributed by atoms with E-state index in [0.717, 1.165) is 24.2 Å². The summed E-state index contributed by atoms with van der Waals surface area (Å²) in [6, 6.07) is 7.04. The highest BCUT2D eigenvalue weighted by atomic mass is 32.2. The average Bonchev–Trinajstić information content (AvgIpc) is 3.13. The Morgan fingerprint density at radius 3 is 2.78 bits per heavy atom. The van der Waals surface area contributed by atoms with Crippen LogP contribution in [0.4, 0.5) is 5.69 Å². The number of anilines is 1. The van der Waals surface area contributed by atoms with Gasteiger partial charge in [-0.2, -0.15) is 4.31 Å². The number of amides is 1. The maximum atomic E-state index is 12.8. The molecule has 1 aliphatic heterocycles. The van der Waals surface area contributed by atoms with Crippen LogP contribution in [0.25, 0.3) is 0 Å². The van der Waals surface area contributed by atoms with E-state index in [2.05, 4.69) is 5.32 Å². The number of nitrogens with zero attached hydrogens (tertiary/aromatic N) is 1. The molecule has 1 aromatic heterocycles. The van der Waals surface area contributed by atoms with Crippen LogP contribution in [-0.2, 0) is 10.0 Å². The van der Waals surface area contributed by atoms with Crippen molar-refractivity contribution in [2.45, 2.75) is 24.7 Å². The van der Waals surface area contributed by atoms with Crippen molar-refractivity contribution in [3.63, 3.8) is 0 Å². The Hall–Kier alpha value is -2.23. The number of carboxylic acid groups (broad SMARTS) is 1. The zero-order valence-corrected chi connectivity index (χ0v) is 16.3. The fourth-order valence-corrected chi connectivity index (χ4v) is 5.76. The first kappa shape index (κ1) is 19.5. The Bertz CT molecular complexity index is 968. The molecule has 7 nitrogen and oxygen atoms in total. The van der Waals surface area contributed by atoms with E-state index in [-0.39, 0.29) is 15.3 Å². The topological polar surface area (TPSA) is 107 Å². The summed E-state index contributed by atoms with van der Waals surface area (Å²) in [7, 11) is -3.62. The third-order valence-electron chi connectivity index (χ3n) is 4.41. The van der Waals surface area contributed by atoms with Crippen molar-refractivity contribution in [2.24, 2.45) is 5.92 Å². The molecule has 0 radical (unpaired) electrons. The van der Waals surface area contributed by atoms with E-state index in [1.165, 1.54) is 34.0 Å². The first-order valence-electron chi connectivity index (χ1n) is 8.49. The Morgan fingerprint density at radius 1 is 1.30 bits per heavy atom. The predicted octanol–water partition coefficient (Wildman–Crippen LogP) is 1.78. The molecular weight excluding hydrogens is 388 g/mol. The Kier molecular flexibility index (Phi) is 5.64. The molecular formula is C18H19N2O5S2-. The van der Waals surface area contributed by atoms with Gasteiger partial charge >= 0.3 is 0 Å². The van der Waals surface area contributed by atoms with E-state index in [1.54, 1.807) is 6.07 Å². The molecule has 27 heavy (non-hydrogen) atoms. The van der Waals surface area contributed by atoms with E-state index < -0.39 is 21.9 Å². The Balaban J connectivity index is 1.76. The van der Waals surface area contributed by atoms with Crippen LogP contribution in [0.15, 0.2) is 40.6 Å². The normalized spacial score (nSPS) is 18.2. The second-order valence-corrected chi connectivity index (χ2v) is 9.43. The number of thiophene rings is 1. The standard InChI is InChI=1S/C18H20N2O5S2/c1-12-4-3-7-20(10-12)27(24,25)15-9-16(26-11-15)17(21)19-14-6-2-5-13(8-14)18(22)23/h2,5-6,8-9,11-12H,3-4,7,10H2,1H3,(H,19,21)(H,22,23)/p-1/t12-/m0/s1. The van der Waals surface area contributed by atoms with Crippen molar-refractivity contribution in [3.8, 4) is 0 Å². The summed E-state index contributed by atoms with van der Waals surface area (Å²) in [5.41, 5.74) is 0.242. The molecule has 144 valence electrons. The number of hydrogen-bond acceptors (Lipinski definition) is 6. The Labute approximate surface area is 161 Å². The monoisotopic (exact) mass is 407 g/mol. The van der Waals surface area contributed by atoms with Gasteiger partial charge in [-0.05, 0) is 42.5 Å². The maximum absolute atomic E-state index is 12.8. The van der Waals surface area contributed by atoms with Crippen LogP contribution in [0.3, 0.4) is 0 Å². The molecule has 1 amide bonds. The molecule has 0 bridgehead atoms. The zero-order chi connectivity index (χ0) is 19.6. The van der Waals surface area contributed by atoms with Crippen LogP contribution in [0.1, 0.15) is 39.8 Å². The zero-order valence-electron chi connectivity index (χ0n) is 14.7. The van der Waals surface area contributed by atoms with E-state index in [1.807, 2.05) is 6.92 Å². The Morgan fingerprint density at radius 2 is 2.07 bits per heavy atom. The smallest absolute Gasteiger partial charge is 0.265 e. The molecule has 1 aliphatic rings. The van der Waals surface area contributed by atoms with Gasteiger partial charge in [0.15, 0.2) is 0 Å². The van der Waals surface area contributed by atoms with Crippen LogP contribution in [-0.4, -0.2) is 37.7 Å². The molecule has 1 N–H and O–H groups in total. The molecule has 0 aliphatic carbocycles. The third-order valence-corrected chi connectivity index (χ3v) is 7.33. The lowest BCUT2D eigenvalue weighted by Gasteiger charge is -2.29. The highest BCUT2D eigenvalue weighted by Crippen LogP contribution is 2.27. The second-order valence-electron chi connectivity index (χ2n) is 6.58. The van der Waals surface area contributed by atoms with Crippen LogP contribution >= 0.6 is 11.3 Å². The molecule has 1 saturated heterocycles. The van der Waals surface area contributed by atoms with Crippen molar-refractivity contribution in [1.29, 1.82) is 0 Å². The highest BCUT2D eigenvalue weighted by Gasteiger charge is 2.30. The third kappa shape index (κ3) is 4.37. The second kappa shape index (κ2) is 7.79. The van der Waals surface area contributed by atoms with Gasteiger partial charge in [-0.25, -0.2) is 8.42 Å². The number of carboxylic acids is 1. The van der Waals surface area contributed by atoms with Gasteiger partial charge < -0.3 is 15.2 Å². The molecule has 1 fully saturated rings. The lowest BCUT2D eigenvalue weighted by Crippen LogP contribution is -2.38. The average molecular weight is 407 g/mol. The summed E-state index contributed by atoms with van der Waals surface area (Å²) >= 11 is 1.03. The molecule has 9 heteroatoms. The first-order chi connectivity index (χ1) is 12.8. The van der Waals surface area contributed by atoms with Crippen molar-refractivity contribution in [2.75, 3.05) is 18.4 Å². The highest BCUT2D eigenvalue weighted by molar-refractivity contribution is 7.89. The number of carbonyl (C=O) groups excluding carboxylic acids is 2. The molecule has 1 aromatic carbocycles. The number of benzene rings is 1. The number of rotatable bonds is 5. The molecule has 0 saturated carbocycles. The molecule has 2 heterocycles. The van der Waals surface area contributed by atoms with E-state index >= 15 is 0 Å². The summed E-state index contributed by atoms with van der Waals surface area (Å²) in [5, 5.41) is 14.9. The number of sulfonamides is 1. The van der Waals surface area contributed by atoms with Gasteiger partial charge in [-0.15, -0.1) is 11.3 Å². The van der Waals surface area contributed by atoms with Gasteiger partial charge in [-0.3, -0.25) is 4.79 Å². The minimum atomic E-state index is -3.62. The number of piperidine rings is 1. The van der Waals surface area contributed by atoms with Gasteiger partial charge in [0.1, 0.15) is 0 Å². The number of nitrogens with one attached hydrogen (secondary N) is 1. The lowest BCUT2D eigenvalue weighted by molar-refractivity contribution is -0.255. The van der Waals surface area contributed by atoms with E-state index in [4.69, 9.17) is 0 Å². The number of carbonyl (C=O) groups is 2. The lowest BCUT2D eigenvalue weighted by atomic mass is 10.0. The fourth-order valence-electron chi connectivity index (χ4n) is 3.00. The first-order valence-corrected chi connectivity index (χ1v) is 10.8. The summed E-state index contributed by atoms with van der Waals surface area (Å²) < 4.78 is 27.0. The van der Waals surface area contributed by atoms with E-state index in [9.17, 15) is 23.1 Å². The van der Waals surface area contributed by atoms with Gasteiger partial charge in [0, 0.05) is 24.2 Å².